The van der Waals surface area contributed by atoms with Crippen molar-refractivity contribution in [3.63, 3.8) is 0 Å². The molecular weight excluding hydrogens is 256 g/mol. The minimum Gasteiger partial charge on any atom is -0.447 e. The Labute approximate surface area is 117 Å². The van der Waals surface area contributed by atoms with Gasteiger partial charge in [-0.2, -0.15) is 10.4 Å². The van der Waals surface area contributed by atoms with Crippen molar-refractivity contribution in [3.05, 3.63) is 29.8 Å². The summed E-state index contributed by atoms with van der Waals surface area (Å²) in [5.74, 6) is 0. The molecule has 0 bridgehead atoms. The monoisotopic (exact) mass is 272 g/mol. The van der Waals surface area contributed by atoms with Crippen molar-refractivity contribution in [2.45, 2.75) is 25.3 Å². The van der Waals surface area contributed by atoms with Crippen molar-refractivity contribution < 1.29 is 9.53 Å². The third-order valence-corrected chi connectivity index (χ3v) is 2.84. The lowest BCUT2D eigenvalue weighted by molar-refractivity contribution is 0.177. The van der Waals surface area contributed by atoms with Gasteiger partial charge in [0.1, 0.15) is 6.61 Å². The van der Waals surface area contributed by atoms with Crippen molar-refractivity contribution in [3.8, 4) is 6.07 Å². The van der Waals surface area contributed by atoms with E-state index in [-0.39, 0.29) is 12.1 Å². The van der Waals surface area contributed by atoms with Crippen LogP contribution in [0.25, 0.3) is 0 Å². The zero-order valence-corrected chi connectivity index (χ0v) is 11.0. The molecule has 1 fully saturated rings. The Kier molecular flexibility index (Phi) is 4.95. The van der Waals surface area contributed by atoms with Crippen molar-refractivity contribution in [2.24, 2.45) is 5.10 Å². The van der Waals surface area contributed by atoms with E-state index >= 15 is 0 Å². The maximum atomic E-state index is 10.9. The summed E-state index contributed by atoms with van der Waals surface area (Å²) in [6.45, 7) is 0.419. The molecule has 0 aromatic heterocycles. The first-order chi connectivity index (χ1) is 9.78. The smallest absolute Gasteiger partial charge is 0.407 e. The van der Waals surface area contributed by atoms with Crippen LogP contribution in [0.2, 0.25) is 0 Å². The summed E-state index contributed by atoms with van der Waals surface area (Å²) >= 11 is 0. The van der Waals surface area contributed by atoms with Crippen LogP contribution < -0.4 is 10.7 Å². The average Bonchev–Trinajstić information content (AvgIpc) is 2.86. The Morgan fingerprint density at radius 1 is 1.50 bits per heavy atom. The van der Waals surface area contributed by atoms with Gasteiger partial charge in [0.15, 0.2) is 0 Å². The number of alkyl carbamates (subject to hydrolysis) is 1. The average molecular weight is 272 g/mol. The normalized spacial score (nSPS) is 17.6. The van der Waals surface area contributed by atoms with Crippen LogP contribution in [-0.2, 0) is 11.2 Å². The van der Waals surface area contributed by atoms with Gasteiger partial charge < -0.3 is 10.1 Å². The minimum atomic E-state index is -0.347. The Morgan fingerprint density at radius 3 is 2.95 bits per heavy atom. The molecule has 1 saturated heterocycles. The number of carbonyl (C=O) groups excluding carboxylic acids is 1. The number of ether oxygens (including phenoxy) is 1. The lowest BCUT2D eigenvalue weighted by atomic mass is 10.1. The first kappa shape index (κ1) is 13.9. The summed E-state index contributed by atoms with van der Waals surface area (Å²) in [6.07, 6.45) is 3.20. The van der Waals surface area contributed by atoms with Crippen molar-refractivity contribution in [2.75, 3.05) is 12.0 Å². The second kappa shape index (κ2) is 7.14. The first-order valence-electron chi connectivity index (χ1n) is 6.44. The molecule has 1 aliphatic heterocycles. The van der Waals surface area contributed by atoms with Crippen LogP contribution in [0.1, 0.15) is 18.4 Å². The van der Waals surface area contributed by atoms with E-state index in [9.17, 15) is 4.79 Å². The van der Waals surface area contributed by atoms with Gasteiger partial charge in [-0.15, -0.1) is 0 Å². The Bertz CT molecular complexity index is 519. The van der Waals surface area contributed by atoms with E-state index in [0.29, 0.717) is 19.4 Å². The van der Waals surface area contributed by atoms with Crippen LogP contribution in [-0.4, -0.2) is 25.0 Å². The molecule has 1 aromatic carbocycles. The van der Waals surface area contributed by atoms with E-state index in [0.717, 1.165) is 17.7 Å². The number of nitrogens with zero attached hydrogens (tertiary/aromatic N) is 2. The first-order valence-corrected chi connectivity index (χ1v) is 6.44. The number of cyclic esters (lactones) is 1. The van der Waals surface area contributed by atoms with Crippen LogP contribution in [0.15, 0.2) is 29.4 Å². The van der Waals surface area contributed by atoms with E-state index in [1.165, 1.54) is 0 Å². The molecule has 0 aliphatic carbocycles. The topological polar surface area (TPSA) is 86.5 Å². The second-order valence-corrected chi connectivity index (χ2v) is 4.46. The zero-order chi connectivity index (χ0) is 14.2. The van der Waals surface area contributed by atoms with Crippen LogP contribution in [0.4, 0.5) is 10.5 Å². The zero-order valence-electron chi connectivity index (χ0n) is 11.0. The van der Waals surface area contributed by atoms with Crippen LogP contribution in [0.3, 0.4) is 0 Å². The number of unbranched alkanes of at least 4 members (excludes halogenated alkanes) is 1. The van der Waals surface area contributed by atoms with Gasteiger partial charge in [0, 0.05) is 12.6 Å². The van der Waals surface area contributed by atoms with E-state index < -0.39 is 0 Å². The maximum Gasteiger partial charge on any atom is 0.407 e. The van der Waals surface area contributed by atoms with E-state index in [1.54, 1.807) is 6.21 Å². The molecule has 2 rings (SSSR count). The Morgan fingerprint density at radius 2 is 2.30 bits per heavy atom. The largest absolute Gasteiger partial charge is 0.447 e. The SMILES string of the molecule is N#CCCC=NNc1ccc(C[C@H]2COC(=O)N2)cc1. The number of nitriles is 1. The summed E-state index contributed by atoms with van der Waals surface area (Å²) < 4.78 is 4.84. The molecule has 0 radical (unpaired) electrons. The number of hydrogen-bond donors (Lipinski definition) is 2. The molecule has 0 unspecified atom stereocenters. The minimum absolute atomic E-state index is 0.0466. The van der Waals surface area contributed by atoms with Gasteiger partial charge in [-0.25, -0.2) is 4.79 Å². The third kappa shape index (κ3) is 4.28. The highest BCUT2D eigenvalue weighted by molar-refractivity contribution is 5.69. The number of hydrogen-bond acceptors (Lipinski definition) is 5. The lowest BCUT2D eigenvalue weighted by Gasteiger charge is -2.07. The number of anilines is 1. The highest BCUT2D eigenvalue weighted by atomic mass is 16.6. The molecule has 0 spiro atoms. The standard InChI is InChI=1S/C14H16N4O2/c15-7-1-2-8-16-18-12-5-3-11(4-6-12)9-13-10-20-14(19)17-13/h3-6,8,13,18H,1-2,9-10H2,(H,17,19)/t13-/m0/s1. The van der Waals surface area contributed by atoms with E-state index in [1.807, 2.05) is 24.3 Å². The molecule has 1 heterocycles. The molecule has 104 valence electrons. The molecule has 1 atom stereocenters. The predicted octanol–water partition coefficient (Wildman–Crippen LogP) is 2.04. The molecule has 6 heteroatoms. The number of nitrogens with one attached hydrogen (secondary N) is 2. The van der Waals surface area contributed by atoms with Gasteiger partial charge >= 0.3 is 6.09 Å². The van der Waals surface area contributed by atoms with Crippen molar-refractivity contribution >= 4 is 18.0 Å². The van der Waals surface area contributed by atoms with E-state index in [2.05, 4.69) is 21.9 Å². The molecule has 1 amide bonds. The molecule has 20 heavy (non-hydrogen) atoms. The quantitative estimate of drug-likeness (QED) is 0.471. The summed E-state index contributed by atoms with van der Waals surface area (Å²) in [7, 11) is 0. The number of carbonyl (C=O) groups is 1. The summed E-state index contributed by atoms with van der Waals surface area (Å²) in [5, 5.41) is 15.1. The van der Waals surface area contributed by atoms with Gasteiger partial charge in [0.25, 0.3) is 0 Å². The van der Waals surface area contributed by atoms with Crippen molar-refractivity contribution in [1.82, 2.24) is 5.32 Å². The maximum absolute atomic E-state index is 10.9. The summed E-state index contributed by atoms with van der Waals surface area (Å²) in [6, 6.07) is 9.92. The fourth-order valence-electron chi connectivity index (χ4n) is 1.85. The number of amides is 1. The Hall–Kier alpha value is -2.55. The lowest BCUT2D eigenvalue weighted by Crippen LogP contribution is -2.28. The number of benzene rings is 1. The molecule has 1 aromatic rings. The van der Waals surface area contributed by atoms with Crippen LogP contribution >= 0.6 is 0 Å². The number of hydrazone groups is 1. The predicted molar refractivity (Wildman–Crippen MR) is 75.4 cm³/mol. The highest BCUT2D eigenvalue weighted by Gasteiger charge is 2.21. The van der Waals surface area contributed by atoms with Crippen LogP contribution in [0.5, 0.6) is 0 Å². The fourth-order valence-corrected chi connectivity index (χ4v) is 1.85. The highest BCUT2D eigenvalue weighted by Crippen LogP contribution is 2.12. The third-order valence-electron chi connectivity index (χ3n) is 2.84. The van der Waals surface area contributed by atoms with Gasteiger partial charge in [0.2, 0.25) is 0 Å². The molecular formula is C14H16N4O2. The molecule has 2 N–H and O–H groups in total. The summed E-state index contributed by atoms with van der Waals surface area (Å²) in [5.41, 5.74) is 4.90. The summed E-state index contributed by atoms with van der Waals surface area (Å²) in [4.78, 5) is 10.9. The Balaban J connectivity index is 1.79. The van der Waals surface area contributed by atoms with Gasteiger partial charge in [-0.1, -0.05) is 12.1 Å². The van der Waals surface area contributed by atoms with Gasteiger partial charge in [-0.05, 0) is 30.5 Å². The molecule has 1 aliphatic rings. The fraction of sp³-hybridized carbons (Fsp3) is 0.357. The van der Waals surface area contributed by atoms with Gasteiger partial charge in [0.05, 0.1) is 17.8 Å². The van der Waals surface area contributed by atoms with Crippen molar-refractivity contribution in [1.29, 1.82) is 5.26 Å². The number of rotatable bonds is 6. The molecule has 6 nitrogen and oxygen atoms in total. The van der Waals surface area contributed by atoms with Crippen LogP contribution in [0, 0.1) is 11.3 Å². The molecule has 0 saturated carbocycles. The van der Waals surface area contributed by atoms with E-state index in [4.69, 9.17) is 10.00 Å². The second-order valence-electron chi connectivity index (χ2n) is 4.46. The van der Waals surface area contributed by atoms with Gasteiger partial charge in [-0.3, -0.25) is 5.43 Å².